The van der Waals surface area contributed by atoms with Crippen molar-refractivity contribution in [3.8, 4) is 0 Å². The standard InChI is InChI=1S/C18H26N2O4/c1-17(2,3)24-16(22)19-18(4,13-21)14-7-5-6-8-15(14)20-9-11-23-12-10-20/h5-8,13H,9-12H2,1-4H3,(H,19,22). The summed E-state index contributed by atoms with van der Waals surface area (Å²) in [4.78, 5) is 26.2. The number of morpholine rings is 1. The molecule has 1 fully saturated rings. The van der Waals surface area contributed by atoms with Gasteiger partial charge in [-0.1, -0.05) is 18.2 Å². The van der Waals surface area contributed by atoms with Gasteiger partial charge in [0.15, 0.2) is 0 Å². The largest absolute Gasteiger partial charge is 0.444 e. The van der Waals surface area contributed by atoms with Crippen LogP contribution in [0.1, 0.15) is 33.3 Å². The van der Waals surface area contributed by atoms with E-state index in [1.165, 1.54) is 0 Å². The Morgan fingerprint density at radius 3 is 2.42 bits per heavy atom. The van der Waals surface area contributed by atoms with Crippen LogP contribution in [-0.4, -0.2) is 44.3 Å². The van der Waals surface area contributed by atoms with E-state index in [-0.39, 0.29) is 0 Å². The second-order valence-corrected chi connectivity index (χ2v) is 7.06. The van der Waals surface area contributed by atoms with E-state index in [0.717, 1.165) is 30.6 Å². The van der Waals surface area contributed by atoms with Crippen LogP contribution in [0.15, 0.2) is 24.3 Å². The summed E-state index contributed by atoms with van der Waals surface area (Å²) in [6.07, 6.45) is 0.129. The zero-order chi connectivity index (χ0) is 17.8. The molecule has 1 N–H and O–H groups in total. The predicted octanol–water partition coefficient (Wildman–Crippen LogP) is 2.46. The number of hydrogen-bond donors (Lipinski definition) is 1. The van der Waals surface area contributed by atoms with E-state index < -0.39 is 17.2 Å². The highest BCUT2D eigenvalue weighted by Crippen LogP contribution is 2.30. The quantitative estimate of drug-likeness (QED) is 0.857. The molecule has 132 valence electrons. The Balaban J connectivity index is 2.29. The Hall–Kier alpha value is -2.08. The van der Waals surface area contributed by atoms with Gasteiger partial charge in [0, 0.05) is 24.3 Å². The summed E-state index contributed by atoms with van der Waals surface area (Å²) in [5.74, 6) is 0. The van der Waals surface area contributed by atoms with Crippen LogP contribution >= 0.6 is 0 Å². The minimum Gasteiger partial charge on any atom is -0.444 e. The molecule has 0 radical (unpaired) electrons. The zero-order valence-corrected chi connectivity index (χ0v) is 14.8. The maximum absolute atomic E-state index is 12.2. The summed E-state index contributed by atoms with van der Waals surface area (Å²) in [5.41, 5.74) is -0.131. The molecule has 1 amide bonds. The lowest BCUT2D eigenvalue weighted by Gasteiger charge is -2.35. The highest BCUT2D eigenvalue weighted by Gasteiger charge is 2.33. The van der Waals surface area contributed by atoms with Crippen LogP contribution in [0.3, 0.4) is 0 Å². The second kappa shape index (κ2) is 7.21. The van der Waals surface area contributed by atoms with Crippen LogP contribution < -0.4 is 10.2 Å². The lowest BCUT2D eigenvalue weighted by atomic mass is 9.91. The topological polar surface area (TPSA) is 67.9 Å². The summed E-state index contributed by atoms with van der Waals surface area (Å²) < 4.78 is 10.7. The van der Waals surface area contributed by atoms with Crippen LogP contribution in [-0.2, 0) is 19.8 Å². The van der Waals surface area contributed by atoms with Crippen molar-refractivity contribution in [2.45, 2.75) is 38.8 Å². The molecule has 1 aliphatic heterocycles. The Bertz CT molecular complexity index is 591. The van der Waals surface area contributed by atoms with Gasteiger partial charge in [-0.2, -0.15) is 0 Å². The second-order valence-electron chi connectivity index (χ2n) is 7.06. The van der Waals surface area contributed by atoms with E-state index in [0.29, 0.717) is 13.2 Å². The fourth-order valence-electron chi connectivity index (χ4n) is 2.67. The molecule has 1 saturated heterocycles. The first-order chi connectivity index (χ1) is 11.2. The van der Waals surface area contributed by atoms with Crippen molar-refractivity contribution < 1.29 is 19.1 Å². The molecule has 0 spiro atoms. The van der Waals surface area contributed by atoms with Gasteiger partial charge >= 0.3 is 6.09 Å². The van der Waals surface area contributed by atoms with Gasteiger partial charge < -0.3 is 24.5 Å². The molecule has 6 nitrogen and oxygen atoms in total. The van der Waals surface area contributed by atoms with Crippen LogP contribution in [0.4, 0.5) is 10.5 Å². The number of nitrogens with one attached hydrogen (secondary N) is 1. The minimum atomic E-state index is -1.17. The van der Waals surface area contributed by atoms with Crippen LogP contribution in [0.2, 0.25) is 0 Å². The molecule has 1 unspecified atom stereocenters. The fourth-order valence-corrected chi connectivity index (χ4v) is 2.67. The first-order valence-electron chi connectivity index (χ1n) is 8.15. The summed E-state index contributed by atoms with van der Waals surface area (Å²) in [7, 11) is 0. The molecule has 6 heteroatoms. The third kappa shape index (κ3) is 4.47. The fraction of sp³-hybridized carbons (Fsp3) is 0.556. The van der Waals surface area contributed by atoms with Crippen LogP contribution in [0, 0.1) is 0 Å². The van der Waals surface area contributed by atoms with Crippen LogP contribution in [0.5, 0.6) is 0 Å². The van der Waals surface area contributed by atoms with Gasteiger partial charge in [0.25, 0.3) is 0 Å². The van der Waals surface area contributed by atoms with E-state index in [1.807, 2.05) is 24.3 Å². The number of amides is 1. The highest BCUT2D eigenvalue weighted by atomic mass is 16.6. The van der Waals surface area contributed by atoms with Gasteiger partial charge in [-0.25, -0.2) is 4.79 Å². The highest BCUT2D eigenvalue weighted by molar-refractivity contribution is 5.80. The van der Waals surface area contributed by atoms with Crippen molar-refractivity contribution >= 4 is 18.1 Å². The molecular formula is C18H26N2O4. The zero-order valence-electron chi connectivity index (χ0n) is 14.8. The maximum Gasteiger partial charge on any atom is 0.408 e. The Kier molecular flexibility index (Phi) is 5.49. The lowest BCUT2D eigenvalue weighted by Crippen LogP contribution is -2.48. The van der Waals surface area contributed by atoms with Gasteiger partial charge in [-0.3, -0.25) is 0 Å². The number of hydrogen-bond acceptors (Lipinski definition) is 5. The molecule has 24 heavy (non-hydrogen) atoms. The molecule has 2 rings (SSSR count). The molecule has 0 aliphatic carbocycles. The van der Waals surface area contributed by atoms with Crippen molar-refractivity contribution in [3.63, 3.8) is 0 Å². The van der Waals surface area contributed by atoms with Gasteiger partial charge in [0.05, 0.1) is 13.2 Å². The van der Waals surface area contributed by atoms with E-state index in [9.17, 15) is 9.59 Å². The van der Waals surface area contributed by atoms with E-state index in [2.05, 4.69) is 10.2 Å². The van der Waals surface area contributed by atoms with Gasteiger partial charge in [-0.05, 0) is 33.8 Å². The van der Waals surface area contributed by atoms with Crippen LogP contribution in [0.25, 0.3) is 0 Å². The maximum atomic E-state index is 12.2. The number of anilines is 1. The predicted molar refractivity (Wildman–Crippen MR) is 92.3 cm³/mol. The Morgan fingerprint density at radius 1 is 1.21 bits per heavy atom. The molecule has 1 aromatic rings. The minimum absolute atomic E-state index is 0.617. The Morgan fingerprint density at radius 2 is 1.83 bits per heavy atom. The number of nitrogens with zero attached hydrogens (tertiary/aromatic N) is 1. The number of carbonyl (C=O) groups is 2. The van der Waals surface area contributed by atoms with E-state index >= 15 is 0 Å². The van der Waals surface area contributed by atoms with E-state index in [1.54, 1.807) is 27.7 Å². The average Bonchev–Trinajstić information content (AvgIpc) is 2.53. The average molecular weight is 334 g/mol. The van der Waals surface area contributed by atoms with Gasteiger partial charge in [0.2, 0.25) is 0 Å². The number of rotatable bonds is 4. The third-order valence-electron chi connectivity index (χ3n) is 3.81. The smallest absolute Gasteiger partial charge is 0.408 e. The number of ether oxygens (including phenoxy) is 2. The summed E-state index contributed by atoms with van der Waals surface area (Å²) in [6, 6.07) is 7.60. The normalized spacial score (nSPS) is 17.8. The number of para-hydroxylation sites is 1. The summed E-state index contributed by atoms with van der Waals surface area (Å²) in [6.45, 7) is 9.82. The van der Waals surface area contributed by atoms with Crippen molar-refractivity contribution in [2.75, 3.05) is 31.2 Å². The SMILES string of the molecule is CC(C)(C)OC(=O)NC(C)(C=O)c1ccccc1N1CCOCC1. The molecular weight excluding hydrogens is 308 g/mol. The molecule has 0 saturated carbocycles. The number of carbonyl (C=O) groups excluding carboxylic acids is 2. The molecule has 1 heterocycles. The molecule has 1 aliphatic rings. The third-order valence-corrected chi connectivity index (χ3v) is 3.81. The summed E-state index contributed by atoms with van der Waals surface area (Å²) >= 11 is 0. The number of benzene rings is 1. The molecule has 0 aromatic heterocycles. The molecule has 1 atom stereocenters. The van der Waals surface area contributed by atoms with Gasteiger partial charge in [-0.15, -0.1) is 0 Å². The molecule has 0 bridgehead atoms. The first-order valence-corrected chi connectivity index (χ1v) is 8.15. The Labute approximate surface area is 143 Å². The van der Waals surface area contributed by atoms with Crippen molar-refractivity contribution in [1.29, 1.82) is 0 Å². The lowest BCUT2D eigenvalue weighted by molar-refractivity contribution is -0.113. The van der Waals surface area contributed by atoms with E-state index in [4.69, 9.17) is 9.47 Å². The number of alkyl carbamates (subject to hydrolysis) is 1. The van der Waals surface area contributed by atoms with Gasteiger partial charge in [0.1, 0.15) is 17.4 Å². The van der Waals surface area contributed by atoms with Crippen molar-refractivity contribution in [2.24, 2.45) is 0 Å². The molecule has 1 aromatic carbocycles. The number of aldehydes is 1. The van der Waals surface area contributed by atoms with Crippen molar-refractivity contribution in [1.82, 2.24) is 5.32 Å². The monoisotopic (exact) mass is 334 g/mol. The first kappa shape index (κ1) is 18.3. The summed E-state index contributed by atoms with van der Waals surface area (Å²) in [5, 5.41) is 2.71. The van der Waals surface area contributed by atoms with Crippen molar-refractivity contribution in [3.05, 3.63) is 29.8 Å².